The van der Waals surface area contributed by atoms with Crippen molar-refractivity contribution in [1.29, 1.82) is 0 Å². The van der Waals surface area contributed by atoms with Crippen molar-refractivity contribution < 1.29 is 42.7 Å². The molecule has 19 nitrogen and oxygen atoms in total. The summed E-state index contributed by atoms with van der Waals surface area (Å²) in [6, 6.07) is 12.8. The van der Waals surface area contributed by atoms with E-state index in [2.05, 4.69) is 41.5 Å². The number of methoxy groups -OCH3 is 1. The summed E-state index contributed by atoms with van der Waals surface area (Å²) in [4.78, 5) is 106. The maximum Gasteiger partial charge on any atom is 0.264 e. The second kappa shape index (κ2) is 16.0. The monoisotopic (exact) mass is 831 g/mol. The van der Waals surface area contributed by atoms with Crippen LogP contribution in [0.4, 0.5) is 38.9 Å². The van der Waals surface area contributed by atoms with Crippen LogP contribution < -0.4 is 36.2 Å². The number of anilines is 6. The zero-order valence-electron chi connectivity index (χ0n) is 33.0. The number of carbonyl (C=O) groups is 7. The Bertz CT molecular complexity index is 2700. The van der Waals surface area contributed by atoms with Crippen LogP contribution in [0.25, 0.3) is 11.0 Å². The number of aromatic amines is 1. The van der Waals surface area contributed by atoms with Crippen molar-refractivity contribution in [1.82, 2.24) is 35.4 Å². The molecule has 7 amide bonds. The smallest absolute Gasteiger partial charge is 0.264 e. The number of H-pyrrole nitrogens is 1. The molecule has 1 saturated heterocycles. The van der Waals surface area contributed by atoms with Crippen molar-refractivity contribution in [2.24, 2.45) is 0 Å². The van der Waals surface area contributed by atoms with Crippen LogP contribution in [-0.4, -0.2) is 113 Å². The van der Waals surface area contributed by atoms with Gasteiger partial charge < -0.3 is 40.8 Å². The molecule has 0 spiro atoms. The summed E-state index contributed by atoms with van der Waals surface area (Å²) in [5, 5.41) is 14.3. The fraction of sp³-hybridized carbons (Fsp3) is 0.244. The summed E-state index contributed by atoms with van der Waals surface area (Å²) in [5.74, 6) is -3.99. The number of carbonyl (C=O) groups excluding carboxylic acids is 7. The first-order valence-electron chi connectivity index (χ1n) is 19.1. The van der Waals surface area contributed by atoms with Gasteiger partial charge in [0, 0.05) is 44.6 Å². The fourth-order valence-corrected chi connectivity index (χ4v) is 7.61. The summed E-state index contributed by atoms with van der Waals surface area (Å²) in [7, 11) is 4.37. The number of halogens is 1. The summed E-state index contributed by atoms with van der Waals surface area (Å²) in [6.45, 7) is -0.282. The molecule has 1 fully saturated rings. The Hall–Kier alpha value is -7.90. The molecule has 5 heterocycles. The number of benzene rings is 3. The molecule has 8 rings (SSSR count). The van der Waals surface area contributed by atoms with Gasteiger partial charge in [-0.15, -0.1) is 0 Å². The highest BCUT2D eigenvalue weighted by Crippen LogP contribution is 2.39. The van der Waals surface area contributed by atoms with E-state index in [1.807, 2.05) is 0 Å². The highest BCUT2D eigenvalue weighted by Gasteiger charge is 2.45. The van der Waals surface area contributed by atoms with E-state index < -0.39 is 47.3 Å². The SMILES string of the molecule is CNC(=O)c1c(F)cccc1Nc1nc(Nc2cc3c(cc2OC)CCN3C(=O)CN(C)C(=O)CNc2cccc3c2C(=O)N(C2CCC(=O)NC2=O)C3=O)nc2[nH]ccc12. The summed E-state index contributed by atoms with van der Waals surface area (Å²) >= 11 is 0. The summed E-state index contributed by atoms with van der Waals surface area (Å²) in [5.41, 5.74) is 2.51. The van der Waals surface area contributed by atoms with E-state index in [1.54, 1.807) is 41.4 Å². The average molecular weight is 832 g/mol. The number of imide groups is 2. The largest absolute Gasteiger partial charge is 0.495 e. The van der Waals surface area contributed by atoms with Crippen LogP contribution in [0.15, 0.2) is 60.8 Å². The zero-order chi connectivity index (χ0) is 43.1. The number of amides is 7. The van der Waals surface area contributed by atoms with E-state index in [-0.39, 0.29) is 71.7 Å². The molecule has 3 aliphatic heterocycles. The number of hydrogen-bond acceptors (Lipinski definition) is 13. The first-order valence-corrected chi connectivity index (χ1v) is 19.1. The molecule has 3 aliphatic rings. The standard InChI is InChI=1S/C41H38FN11O8/c1-43-38(58)34-23(42)7-5-9-25(34)46-36-22-12-14-44-35(22)49-41(50-36)47-26-17-28-20(16-29(26)61-3)13-15-52(28)32(56)19-51(2)31(55)18-45-24-8-4-6-21-33(24)40(60)53(39(21)59)27-10-11-30(54)48-37(27)57/h4-9,12,14,16-17,27,45H,10-11,13,15,18-19H2,1-3H3,(H,43,58)(H,48,54,57)(H3,44,46,47,49,50). The molecule has 20 heteroatoms. The Kier molecular flexibility index (Phi) is 10.5. The summed E-state index contributed by atoms with van der Waals surface area (Å²) in [6.07, 6.45) is 2.15. The normalized spacial score (nSPS) is 15.6. The van der Waals surface area contributed by atoms with Gasteiger partial charge in [-0.3, -0.25) is 43.8 Å². The van der Waals surface area contributed by atoms with Crippen molar-refractivity contribution in [2.75, 3.05) is 61.7 Å². The third kappa shape index (κ3) is 7.38. The van der Waals surface area contributed by atoms with Gasteiger partial charge in [0.1, 0.15) is 29.1 Å². The first kappa shape index (κ1) is 39.9. The topological polar surface area (TPSA) is 240 Å². The van der Waals surface area contributed by atoms with Crippen LogP contribution in [0.5, 0.6) is 5.75 Å². The van der Waals surface area contributed by atoms with Crippen LogP contribution in [0.2, 0.25) is 0 Å². The van der Waals surface area contributed by atoms with E-state index >= 15 is 0 Å². The predicted molar refractivity (Wildman–Crippen MR) is 219 cm³/mol. The molecule has 6 N–H and O–H groups in total. The minimum atomic E-state index is -1.14. The highest BCUT2D eigenvalue weighted by molar-refractivity contribution is 6.25. The Morgan fingerprint density at radius 3 is 2.52 bits per heavy atom. The van der Waals surface area contributed by atoms with Gasteiger partial charge >= 0.3 is 0 Å². The lowest BCUT2D eigenvalue weighted by atomic mass is 10.0. The summed E-state index contributed by atoms with van der Waals surface area (Å²) < 4.78 is 20.5. The fourth-order valence-electron chi connectivity index (χ4n) is 7.61. The number of piperidine rings is 1. The quantitative estimate of drug-likeness (QED) is 0.0994. The number of likely N-dealkylation sites (N-methyl/N-ethyl adjacent to an activating group) is 1. The Morgan fingerprint density at radius 1 is 0.967 bits per heavy atom. The van der Waals surface area contributed by atoms with Crippen LogP contribution in [0, 0.1) is 5.82 Å². The second-order valence-corrected chi connectivity index (χ2v) is 14.4. The number of hydrogen-bond donors (Lipinski definition) is 6. The van der Waals surface area contributed by atoms with Crippen molar-refractivity contribution in [3.8, 4) is 5.75 Å². The van der Waals surface area contributed by atoms with Crippen LogP contribution in [0.1, 0.15) is 49.5 Å². The predicted octanol–water partition coefficient (Wildman–Crippen LogP) is 2.81. The molecular formula is C41H38FN11O8. The molecule has 61 heavy (non-hydrogen) atoms. The molecule has 0 aliphatic carbocycles. The molecule has 3 aromatic carbocycles. The van der Waals surface area contributed by atoms with E-state index in [9.17, 15) is 38.0 Å². The molecule has 0 bridgehead atoms. The van der Waals surface area contributed by atoms with Crippen molar-refractivity contribution in [2.45, 2.75) is 25.3 Å². The van der Waals surface area contributed by atoms with Gasteiger partial charge in [-0.1, -0.05) is 12.1 Å². The molecule has 0 radical (unpaired) electrons. The zero-order valence-corrected chi connectivity index (χ0v) is 33.0. The highest BCUT2D eigenvalue weighted by atomic mass is 19.1. The number of ether oxygens (including phenoxy) is 1. The molecule has 1 atom stereocenters. The number of fused-ring (bicyclic) bond motifs is 3. The van der Waals surface area contributed by atoms with Gasteiger partial charge in [0.2, 0.25) is 29.6 Å². The minimum Gasteiger partial charge on any atom is -0.495 e. The molecular weight excluding hydrogens is 794 g/mol. The van der Waals surface area contributed by atoms with Gasteiger partial charge in [-0.05, 0) is 60.9 Å². The van der Waals surface area contributed by atoms with Crippen molar-refractivity contribution in [3.05, 3.63) is 88.9 Å². The lowest BCUT2D eigenvalue weighted by molar-refractivity contribution is -0.136. The molecule has 312 valence electrons. The Labute approximate surface area is 346 Å². The second-order valence-electron chi connectivity index (χ2n) is 14.4. The Balaban J connectivity index is 0.959. The molecule has 2 aromatic heterocycles. The number of nitrogens with one attached hydrogen (secondary N) is 6. The van der Waals surface area contributed by atoms with Crippen LogP contribution >= 0.6 is 0 Å². The van der Waals surface area contributed by atoms with E-state index in [1.165, 1.54) is 50.4 Å². The maximum absolute atomic E-state index is 14.8. The lowest BCUT2D eigenvalue weighted by Crippen LogP contribution is -2.54. The average Bonchev–Trinajstić information content (AvgIpc) is 3.96. The Morgan fingerprint density at radius 2 is 1.75 bits per heavy atom. The minimum absolute atomic E-state index is 0.00268. The molecule has 1 unspecified atom stereocenters. The third-order valence-electron chi connectivity index (χ3n) is 10.7. The third-order valence-corrected chi connectivity index (χ3v) is 10.7. The van der Waals surface area contributed by atoms with Crippen LogP contribution in [0.3, 0.4) is 0 Å². The molecule has 5 aromatic rings. The van der Waals surface area contributed by atoms with E-state index in [0.29, 0.717) is 41.1 Å². The lowest BCUT2D eigenvalue weighted by Gasteiger charge is -2.27. The van der Waals surface area contributed by atoms with E-state index in [4.69, 9.17) is 4.74 Å². The van der Waals surface area contributed by atoms with Gasteiger partial charge in [-0.25, -0.2) is 4.39 Å². The van der Waals surface area contributed by atoms with Crippen molar-refractivity contribution in [3.63, 3.8) is 0 Å². The van der Waals surface area contributed by atoms with Crippen molar-refractivity contribution >= 4 is 86.9 Å². The number of nitrogens with zero attached hydrogens (tertiary/aromatic N) is 5. The number of aromatic nitrogens is 3. The molecule has 0 saturated carbocycles. The van der Waals surface area contributed by atoms with Gasteiger partial charge in [-0.2, -0.15) is 9.97 Å². The van der Waals surface area contributed by atoms with Gasteiger partial charge in [0.15, 0.2) is 0 Å². The first-order chi connectivity index (χ1) is 29.4. The van der Waals surface area contributed by atoms with Gasteiger partial charge in [0.25, 0.3) is 17.7 Å². The maximum atomic E-state index is 14.8. The van der Waals surface area contributed by atoms with Gasteiger partial charge in [0.05, 0.1) is 53.7 Å². The van der Waals surface area contributed by atoms with Crippen LogP contribution in [-0.2, 0) is 25.6 Å². The van der Waals surface area contributed by atoms with E-state index in [0.717, 1.165) is 10.5 Å². The number of rotatable bonds is 12.